The number of hydrogen-bond acceptors (Lipinski definition) is 6. The predicted molar refractivity (Wildman–Crippen MR) is 126 cm³/mol. The lowest BCUT2D eigenvalue weighted by atomic mass is 10.1. The molecule has 0 aliphatic heterocycles. The first kappa shape index (κ1) is 23.3. The molecule has 9 heteroatoms. The van der Waals surface area contributed by atoms with E-state index in [0.29, 0.717) is 16.8 Å². The van der Waals surface area contributed by atoms with Crippen LogP contribution in [0.15, 0.2) is 58.7 Å². The summed E-state index contributed by atoms with van der Waals surface area (Å²) in [5.41, 5.74) is 8.21. The molecule has 3 rings (SSSR count). The summed E-state index contributed by atoms with van der Waals surface area (Å²) in [6.45, 7) is 3.40. The molecule has 0 aliphatic rings. The van der Waals surface area contributed by atoms with Crippen molar-refractivity contribution in [2.24, 2.45) is 10.2 Å². The van der Waals surface area contributed by atoms with Crippen LogP contribution in [0, 0.1) is 13.8 Å². The largest absolute Gasteiger partial charge is 0.497 e. The molecule has 0 atom stereocenters. The summed E-state index contributed by atoms with van der Waals surface area (Å²) >= 11 is 0. The van der Waals surface area contributed by atoms with E-state index in [1.807, 2.05) is 24.3 Å². The molecule has 0 unspecified atom stereocenters. The maximum atomic E-state index is 12.6. The summed E-state index contributed by atoms with van der Waals surface area (Å²) in [6, 6.07) is 14.4. The number of methoxy groups -OCH3 is 2. The molecule has 2 aromatic carbocycles. The first-order chi connectivity index (χ1) is 15.9. The van der Waals surface area contributed by atoms with Crippen molar-refractivity contribution in [2.75, 3.05) is 14.2 Å². The maximum Gasteiger partial charge on any atom is 0.288 e. The van der Waals surface area contributed by atoms with Crippen molar-refractivity contribution < 1.29 is 19.1 Å². The Kier molecular flexibility index (Phi) is 7.59. The number of nitrogens with zero attached hydrogens (tertiary/aromatic N) is 2. The van der Waals surface area contributed by atoms with Crippen LogP contribution < -0.4 is 20.3 Å². The molecule has 0 aliphatic carbocycles. The second-order valence-corrected chi connectivity index (χ2v) is 7.07. The highest BCUT2D eigenvalue weighted by molar-refractivity contribution is 6.03. The van der Waals surface area contributed by atoms with Gasteiger partial charge in [0.15, 0.2) is 0 Å². The Morgan fingerprint density at radius 3 is 1.70 bits per heavy atom. The zero-order chi connectivity index (χ0) is 23.8. The number of carbonyl (C=O) groups excluding carboxylic acids is 2. The van der Waals surface area contributed by atoms with Crippen LogP contribution in [-0.2, 0) is 0 Å². The van der Waals surface area contributed by atoms with E-state index < -0.39 is 11.8 Å². The molecule has 0 fully saturated rings. The lowest BCUT2D eigenvalue weighted by molar-refractivity contribution is 0.0948. The number of amides is 2. The second-order valence-electron chi connectivity index (χ2n) is 7.07. The highest BCUT2D eigenvalue weighted by atomic mass is 16.5. The van der Waals surface area contributed by atoms with E-state index in [1.165, 1.54) is 12.4 Å². The first-order valence-electron chi connectivity index (χ1n) is 10.1. The lowest BCUT2D eigenvalue weighted by Crippen LogP contribution is -2.21. The number of H-pyrrole nitrogens is 1. The number of ether oxygens (including phenoxy) is 2. The molecule has 1 aromatic heterocycles. The molecular formula is C24H25N5O4. The van der Waals surface area contributed by atoms with Gasteiger partial charge in [0, 0.05) is 5.69 Å². The molecule has 33 heavy (non-hydrogen) atoms. The van der Waals surface area contributed by atoms with Crippen molar-refractivity contribution in [3.8, 4) is 11.5 Å². The monoisotopic (exact) mass is 447 g/mol. The van der Waals surface area contributed by atoms with Crippen LogP contribution in [0.4, 0.5) is 0 Å². The smallest absolute Gasteiger partial charge is 0.288 e. The van der Waals surface area contributed by atoms with E-state index in [9.17, 15) is 9.59 Å². The number of aromatic amines is 1. The summed E-state index contributed by atoms with van der Waals surface area (Å²) in [4.78, 5) is 28.1. The molecule has 0 saturated carbocycles. The number of aromatic nitrogens is 1. The third-order valence-electron chi connectivity index (χ3n) is 4.88. The van der Waals surface area contributed by atoms with Crippen LogP contribution in [0.3, 0.4) is 0 Å². The van der Waals surface area contributed by atoms with E-state index >= 15 is 0 Å². The zero-order valence-corrected chi connectivity index (χ0v) is 18.8. The van der Waals surface area contributed by atoms with Gasteiger partial charge in [-0.05, 0) is 79.1 Å². The minimum atomic E-state index is -0.457. The molecule has 0 spiro atoms. The average Bonchev–Trinajstić information content (AvgIpc) is 3.13. The van der Waals surface area contributed by atoms with E-state index in [0.717, 1.165) is 22.6 Å². The molecule has 0 radical (unpaired) electrons. The van der Waals surface area contributed by atoms with Crippen molar-refractivity contribution >= 4 is 24.2 Å². The van der Waals surface area contributed by atoms with E-state index in [2.05, 4.69) is 26.0 Å². The number of carbonyl (C=O) groups is 2. The minimum absolute atomic E-state index is 0.253. The average molecular weight is 447 g/mol. The molecule has 3 aromatic rings. The van der Waals surface area contributed by atoms with Crippen LogP contribution in [-0.4, -0.2) is 43.4 Å². The van der Waals surface area contributed by atoms with Gasteiger partial charge in [-0.15, -0.1) is 0 Å². The molecule has 0 bridgehead atoms. The molecule has 9 nitrogen and oxygen atoms in total. The fourth-order valence-corrected chi connectivity index (χ4v) is 3.14. The van der Waals surface area contributed by atoms with Crippen molar-refractivity contribution in [3.05, 3.63) is 82.2 Å². The predicted octanol–water partition coefficient (Wildman–Crippen LogP) is 3.18. The fraction of sp³-hybridized carbons (Fsp3) is 0.167. The molecule has 2 amide bonds. The fourth-order valence-electron chi connectivity index (χ4n) is 3.14. The third kappa shape index (κ3) is 5.85. The SMILES string of the molecule is COc1ccc(C=NNC(=O)c2[nH]c(C)c(C(=O)NN=Cc3ccc(OC)cc3)c2C)cc1. The Bertz CT molecular complexity index is 1180. The van der Waals surface area contributed by atoms with Gasteiger partial charge in [0.25, 0.3) is 11.8 Å². The summed E-state index contributed by atoms with van der Waals surface area (Å²) in [7, 11) is 3.18. The van der Waals surface area contributed by atoms with Crippen LogP contribution in [0.25, 0.3) is 0 Å². The van der Waals surface area contributed by atoms with Gasteiger partial charge in [-0.25, -0.2) is 10.9 Å². The van der Waals surface area contributed by atoms with Crippen LogP contribution in [0.1, 0.15) is 43.2 Å². The number of aryl methyl sites for hydroxylation is 1. The van der Waals surface area contributed by atoms with Crippen molar-refractivity contribution in [2.45, 2.75) is 13.8 Å². The van der Waals surface area contributed by atoms with E-state index in [4.69, 9.17) is 9.47 Å². The molecule has 3 N–H and O–H groups in total. The Labute approximate surface area is 191 Å². The molecular weight excluding hydrogens is 422 g/mol. The van der Waals surface area contributed by atoms with Gasteiger partial charge >= 0.3 is 0 Å². The molecule has 170 valence electrons. The summed E-state index contributed by atoms with van der Waals surface area (Å²) in [5, 5.41) is 7.97. The zero-order valence-electron chi connectivity index (χ0n) is 18.8. The Hall–Kier alpha value is -4.40. The highest BCUT2D eigenvalue weighted by Gasteiger charge is 2.21. The van der Waals surface area contributed by atoms with Crippen molar-refractivity contribution in [1.29, 1.82) is 0 Å². The normalized spacial score (nSPS) is 11.0. The Morgan fingerprint density at radius 1 is 0.788 bits per heavy atom. The first-order valence-corrected chi connectivity index (χ1v) is 10.1. The third-order valence-corrected chi connectivity index (χ3v) is 4.88. The topological polar surface area (TPSA) is 117 Å². The quantitative estimate of drug-likeness (QED) is 0.363. The molecule has 1 heterocycles. The van der Waals surface area contributed by atoms with Gasteiger partial charge < -0.3 is 14.5 Å². The standard InChI is InChI=1S/C24H25N5O4/c1-15-21(23(30)28-25-13-17-5-9-19(32-3)10-6-17)16(2)27-22(15)24(31)29-26-14-18-7-11-20(33-4)12-8-18/h5-14,27H,1-4H3,(H,28,30)(H,29,31). The number of hydrazone groups is 2. The highest BCUT2D eigenvalue weighted by Crippen LogP contribution is 2.18. The molecule has 0 saturated heterocycles. The number of rotatable bonds is 8. The van der Waals surface area contributed by atoms with Crippen molar-refractivity contribution in [3.63, 3.8) is 0 Å². The van der Waals surface area contributed by atoms with Gasteiger partial charge in [0.1, 0.15) is 17.2 Å². The van der Waals surface area contributed by atoms with Crippen molar-refractivity contribution in [1.82, 2.24) is 15.8 Å². The van der Waals surface area contributed by atoms with Gasteiger partial charge in [-0.2, -0.15) is 10.2 Å². The van der Waals surface area contributed by atoms with Crippen LogP contribution in [0.5, 0.6) is 11.5 Å². The van der Waals surface area contributed by atoms with E-state index in [-0.39, 0.29) is 5.69 Å². The van der Waals surface area contributed by atoms with Crippen LogP contribution >= 0.6 is 0 Å². The van der Waals surface area contributed by atoms with E-state index in [1.54, 1.807) is 52.3 Å². The summed E-state index contributed by atoms with van der Waals surface area (Å²) < 4.78 is 10.2. The summed E-state index contributed by atoms with van der Waals surface area (Å²) in [5.74, 6) is 0.578. The second kappa shape index (κ2) is 10.8. The Morgan fingerprint density at radius 2 is 1.24 bits per heavy atom. The number of hydrogen-bond donors (Lipinski definition) is 3. The minimum Gasteiger partial charge on any atom is -0.497 e. The van der Waals surface area contributed by atoms with Gasteiger partial charge in [0.05, 0.1) is 32.2 Å². The van der Waals surface area contributed by atoms with Gasteiger partial charge in [0.2, 0.25) is 0 Å². The summed E-state index contributed by atoms with van der Waals surface area (Å²) in [6.07, 6.45) is 3.04. The van der Waals surface area contributed by atoms with Gasteiger partial charge in [-0.1, -0.05) is 0 Å². The van der Waals surface area contributed by atoms with Crippen LogP contribution in [0.2, 0.25) is 0 Å². The number of benzene rings is 2. The lowest BCUT2D eigenvalue weighted by Gasteiger charge is -2.02. The maximum absolute atomic E-state index is 12.6. The Balaban J connectivity index is 1.63. The number of nitrogens with one attached hydrogen (secondary N) is 3. The van der Waals surface area contributed by atoms with Gasteiger partial charge in [-0.3, -0.25) is 9.59 Å².